The maximum Gasteiger partial charge on any atom is 0.224 e. The lowest BCUT2D eigenvalue weighted by Gasteiger charge is -2.17. The van der Waals surface area contributed by atoms with Crippen molar-refractivity contribution < 1.29 is 9.59 Å². The van der Waals surface area contributed by atoms with Crippen LogP contribution in [0.25, 0.3) is 0 Å². The summed E-state index contributed by atoms with van der Waals surface area (Å²) in [5.41, 5.74) is 7.16. The molecule has 132 valence electrons. The number of hydrogen-bond donors (Lipinski definition) is 2. The standard InChI is InChI=1S/C19H29N3O2/c1-14(2)10-18(23)21-9-8-19(24)22-12-16(11-20)17(13-22)15-6-4-3-5-7-15/h3-7,14,16-17H,8-13,20H2,1-2H3,(H,21,23)/t16-,17+/m1/s1. The van der Waals surface area contributed by atoms with E-state index in [0.29, 0.717) is 56.8 Å². The molecule has 0 aromatic heterocycles. The van der Waals surface area contributed by atoms with E-state index >= 15 is 0 Å². The fraction of sp³-hybridized carbons (Fsp3) is 0.579. The molecular formula is C19H29N3O2. The number of hydrogen-bond acceptors (Lipinski definition) is 3. The van der Waals surface area contributed by atoms with Gasteiger partial charge in [0, 0.05) is 38.4 Å². The molecule has 1 aliphatic heterocycles. The third kappa shape index (κ3) is 5.06. The Labute approximate surface area is 144 Å². The first-order chi connectivity index (χ1) is 11.5. The molecule has 24 heavy (non-hydrogen) atoms. The number of nitrogens with two attached hydrogens (primary N) is 1. The molecule has 2 rings (SSSR count). The highest BCUT2D eigenvalue weighted by molar-refractivity contribution is 5.79. The van der Waals surface area contributed by atoms with E-state index in [-0.39, 0.29) is 11.8 Å². The molecule has 0 unspecified atom stereocenters. The summed E-state index contributed by atoms with van der Waals surface area (Å²) in [6, 6.07) is 10.3. The van der Waals surface area contributed by atoms with Crippen molar-refractivity contribution in [3.63, 3.8) is 0 Å². The molecule has 1 fully saturated rings. The van der Waals surface area contributed by atoms with Crippen LogP contribution in [0, 0.1) is 11.8 Å². The quantitative estimate of drug-likeness (QED) is 0.799. The minimum absolute atomic E-state index is 0.0150. The first-order valence-corrected chi connectivity index (χ1v) is 8.80. The summed E-state index contributed by atoms with van der Waals surface area (Å²) in [5.74, 6) is 1.04. The SMILES string of the molecule is CC(C)CC(=O)NCCC(=O)N1C[C@@H](CN)[C@H](c2ccccc2)C1. The second kappa shape index (κ2) is 8.83. The molecule has 5 nitrogen and oxygen atoms in total. The Morgan fingerprint density at radius 3 is 2.58 bits per heavy atom. The van der Waals surface area contributed by atoms with Gasteiger partial charge in [-0.2, -0.15) is 0 Å². The number of rotatable bonds is 7. The van der Waals surface area contributed by atoms with Crippen molar-refractivity contribution >= 4 is 11.8 Å². The summed E-state index contributed by atoms with van der Waals surface area (Å²) in [4.78, 5) is 26.0. The minimum atomic E-state index is 0.0150. The van der Waals surface area contributed by atoms with E-state index in [4.69, 9.17) is 5.73 Å². The molecule has 5 heteroatoms. The average molecular weight is 331 g/mol. The molecule has 2 amide bonds. The Morgan fingerprint density at radius 2 is 1.96 bits per heavy atom. The predicted molar refractivity (Wildman–Crippen MR) is 95.4 cm³/mol. The number of nitrogens with one attached hydrogen (secondary N) is 1. The van der Waals surface area contributed by atoms with E-state index in [1.807, 2.05) is 36.9 Å². The van der Waals surface area contributed by atoms with Crippen molar-refractivity contribution in [1.82, 2.24) is 10.2 Å². The number of carbonyl (C=O) groups is 2. The third-order valence-corrected chi connectivity index (χ3v) is 4.58. The highest BCUT2D eigenvalue weighted by Gasteiger charge is 2.34. The second-order valence-electron chi connectivity index (χ2n) is 7.01. The molecule has 0 bridgehead atoms. The molecule has 2 atom stereocenters. The molecule has 0 aliphatic carbocycles. The number of carbonyl (C=O) groups excluding carboxylic acids is 2. The first kappa shape index (κ1) is 18.5. The molecule has 1 aliphatic rings. The predicted octanol–water partition coefficient (Wildman–Crippen LogP) is 1.74. The van der Waals surface area contributed by atoms with Crippen LogP contribution in [0.1, 0.15) is 38.2 Å². The van der Waals surface area contributed by atoms with Crippen LogP contribution in [0.2, 0.25) is 0 Å². The second-order valence-corrected chi connectivity index (χ2v) is 7.01. The smallest absolute Gasteiger partial charge is 0.224 e. The summed E-state index contributed by atoms with van der Waals surface area (Å²) in [6.07, 6.45) is 0.853. The molecule has 1 aromatic rings. The van der Waals surface area contributed by atoms with Gasteiger partial charge in [-0.05, 0) is 23.9 Å². The number of benzene rings is 1. The summed E-state index contributed by atoms with van der Waals surface area (Å²) >= 11 is 0. The van der Waals surface area contributed by atoms with Crippen molar-refractivity contribution in [3.8, 4) is 0 Å². The van der Waals surface area contributed by atoms with Crippen molar-refractivity contribution in [2.75, 3.05) is 26.2 Å². The molecule has 3 N–H and O–H groups in total. The monoisotopic (exact) mass is 331 g/mol. The summed E-state index contributed by atoms with van der Waals surface area (Å²) < 4.78 is 0. The highest BCUT2D eigenvalue weighted by atomic mass is 16.2. The lowest BCUT2D eigenvalue weighted by atomic mass is 9.89. The van der Waals surface area contributed by atoms with Gasteiger partial charge in [0.1, 0.15) is 0 Å². The van der Waals surface area contributed by atoms with Gasteiger partial charge in [-0.1, -0.05) is 44.2 Å². The number of nitrogens with zero attached hydrogens (tertiary/aromatic N) is 1. The zero-order chi connectivity index (χ0) is 17.5. The van der Waals surface area contributed by atoms with Crippen molar-refractivity contribution in [3.05, 3.63) is 35.9 Å². The summed E-state index contributed by atoms with van der Waals surface area (Å²) in [5, 5.41) is 2.83. The number of likely N-dealkylation sites (tertiary alicyclic amines) is 1. The van der Waals surface area contributed by atoms with Gasteiger partial charge in [0.25, 0.3) is 0 Å². The van der Waals surface area contributed by atoms with Crippen LogP contribution in [0.15, 0.2) is 30.3 Å². The molecule has 0 spiro atoms. The lowest BCUT2D eigenvalue weighted by molar-refractivity contribution is -0.130. The van der Waals surface area contributed by atoms with Gasteiger partial charge in [-0.3, -0.25) is 9.59 Å². The van der Waals surface area contributed by atoms with Crippen molar-refractivity contribution in [2.45, 2.75) is 32.6 Å². The summed E-state index contributed by atoms with van der Waals surface area (Å²) in [6.45, 7) is 6.41. The zero-order valence-electron chi connectivity index (χ0n) is 14.7. The molecular weight excluding hydrogens is 302 g/mol. The Balaban J connectivity index is 1.84. The van der Waals surface area contributed by atoms with E-state index in [1.165, 1.54) is 5.56 Å². The fourth-order valence-electron chi connectivity index (χ4n) is 3.30. The first-order valence-electron chi connectivity index (χ1n) is 8.80. The van der Waals surface area contributed by atoms with Crippen LogP contribution < -0.4 is 11.1 Å². The van der Waals surface area contributed by atoms with Gasteiger partial charge in [0.2, 0.25) is 11.8 Å². The van der Waals surface area contributed by atoms with Gasteiger partial charge in [-0.25, -0.2) is 0 Å². The Kier molecular flexibility index (Phi) is 6.79. The van der Waals surface area contributed by atoms with Crippen molar-refractivity contribution in [1.29, 1.82) is 0 Å². The lowest BCUT2D eigenvalue weighted by Crippen LogP contribution is -2.34. The van der Waals surface area contributed by atoms with E-state index in [0.717, 1.165) is 0 Å². The van der Waals surface area contributed by atoms with Gasteiger partial charge < -0.3 is 16.0 Å². The highest BCUT2D eigenvalue weighted by Crippen LogP contribution is 2.32. The Morgan fingerprint density at radius 1 is 1.25 bits per heavy atom. The van der Waals surface area contributed by atoms with E-state index in [9.17, 15) is 9.59 Å². The van der Waals surface area contributed by atoms with Gasteiger partial charge in [0.15, 0.2) is 0 Å². The van der Waals surface area contributed by atoms with Crippen LogP contribution in [0.5, 0.6) is 0 Å². The van der Waals surface area contributed by atoms with Crippen LogP contribution >= 0.6 is 0 Å². The normalized spacial score (nSPS) is 20.4. The third-order valence-electron chi connectivity index (χ3n) is 4.58. The van der Waals surface area contributed by atoms with Crippen LogP contribution in [0.4, 0.5) is 0 Å². The minimum Gasteiger partial charge on any atom is -0.356 e. The Hall–Kier alpha value is -1.88. The van der Waals surface area contributed by atoms with Gasteiger partial charge in [-0.15, -0.1) is 0 Å². The molecule has 1 saturated heterocycles. The zero-order valence-corrected chi connectivity index (χ0v) is 14.7. The van der Waals surface area contributed by atoms with Crippen LogP contribution in [-0.4, -0.2) is 42.9 Å². The van der Waals surface area contributed by atoms with Gasteiger partial charge in [0.05, 0.1) is 0 Å². The molecule has 0 radical (unpaired) electrons. The summed E-state index contributed by atoms with van der Waals surface area (Å²) in [7, 11) is 0. The molecule has 1 aromatic carbocycles. The molecule has 1 heterocycles. The van der Waals surface area contributed by atoms with Crippen LogP contribution in [-0.2, 0) is 9.59 Å². The average Bonchev–Trinajstić information content (AvgIpc) is 2.99. The molecule has 0 saturated carbocycles. The van der Waals surface area contributed by atoms with E-state index in [2.05, 4.69) is 17.4 Å². The Bertz CT molecular complexity index is 545. The van der Waals surface area contributed by atoms with Crippen molar-refractivity contribution in [2.24, 2.45) is 17.6 Å². The van der Waals surface area contributed by atoms with E-state index < -0.39 is 0 Å². The maximum absolute atomic E-state index is 12.4. The van der Waals surface area contributed by atoms with Crippen LogP contribution in [0.3, 0.4) is 0 Å². The maximum atomic E-state index is 12.4. The fourth-order valence-corrected chi connectivity index (χ4v) is 3.30. The topological polar surface area (TPSA) is 75.4 Å². The number of amides is 2. The largest absolute Gasteiger partial charge is 0.356 e. The van der Waals surface area contributed by atoms with Gasteiger partial charge >= 0.3 is 0 Å². The van der Waals surface area contributed by atoms with E-state index in [1.54, 1.807) is 0 Å².